The van der Waals surface area contributed by atoms with Gasteiger partial charge in [0.25, 0.3) is 0 Å². The van der Waals surface area contributed by atoms with Gasteiger partial charge >= 0.3 is 0 Å². The Morgan fingerprint density at radius 2 is 1.58 bits per heavy atom. The lowest BCUT2D eigenvalue weighted by Crippen LogP contribution is -2.37. The Hall–Kier alpha value is -1.96. The van der Waals surface area contributed by atoms with Gasteiger partial charge in [-0.2, -0.15) is 0 Å². The molecule has 19 heavy (non-hydrogen) atoms. The summed E-state index contributed by atoms with van der Waals surface area (Å²) in [6.07, 6.45) is 4.15. The molecule has 0 bridgehead atoms. The van der Waals surface area contributed by atoms with Crippen molar-refractivity contribution in [1.82, 2.24) is 0 Å². The Bertz CT molecular complexity index is 620. The predicted octanol–water partition coefficient (Wildman–Crippen LogP) is 3.94. The average Bonchev–Trinajstić information content (AvgIpc) is 2.62. The molecule has 1 unspecified atom stereocenters. The second kappa shape index (κ2) is 4.02. The maximum atomic E-state index is 2.53. The molecule has 2 aromatic carbocycles. The molecule has 2 heteroatoms. The van der Waals surface area contributed by atoms with Crippen molar-refractivity contribution in [2.24, 2.45) is 0 Å². The third kappa shape index (κ3) is 1.49. The first kappa shape index (κ1) is 10.9. The summed E-state index contributed by atoms with van der Waals surface area (Å²) in [4.78, 5) is 4.95. The zero-order chi connectivity index (χ0) is 12.8. The van der Waals surface area contributed by atoms with Crippen LogP contribution in [0, 0.1) is 0 Å². The van der Waals surface area contributed by atoms with Crippen LogP contribution < -0.4 is 9.80 Å². The van der Waals surface area contributed by atoms with Crippen LogP contribution in [0.1, 0.15) is 18.4 Å². The molecule has 2 nitrogen and oxygen atoms in total. The van der Waals surface area contributed by atoms with Gasteiger partial charge in [0.2, 0.25) is 0 Å². The van der Waals surface area contributed by atoms with E-state index in [1.807, 2.05) is 0 Å². The summed E-state index contributed by atoms with van der Waals surface area (Å²) in [5.41, 5.74) is 5.57. The lowest BCUT2D eigenvalue weighted by atomic mass is 10.1. The lowest BCUT2D eigenvalue weighted by molar-refractivity contribution is 0.599. The van der Waals surface area contributed by atoms with Gasteiger partial charge in [-0.15, -0.1) is 0 Å². The smallest absolute Gasteiger partial charge is 0.106 e. The van der Waals surface area contributed by atoms with Gasteiger partial charge < -0.3 is 9.80 Å². The number of nitrogens with zero attached hydrogens (tertiary/aromatic N) is 2. The highest BCUT2D eigenvalue weighted by atomic mass is 15.4. The normalized spacial score (nSPS) is 20.6. The van der Waals surface area contributed by atoms with Crippen LogP contribution in [-0.2, 0) is 6.42 Å². The highest BCUT2D eigenvalue weighted by Gasteiger charge is 2.36. The van der Waals surface area contributed by atoms with E-state index >= 15 is 0 Å². The molecule has 4 rings (SSSR count). The first-order valence-electron chi connectivity index (χ1n) is 7.05. The maximum Gasteiger partial charge on any atom is 0.106 e. The fraction of sp³-hybridized carbons (Fsp3) is 0.294. The summed E-state index contributed by atoms with van der Waals surface area (Å²) in [5, 5.41) is 0. The summed E-state index contributed by atoms with van der Waals surface area (Å²) in [5.74, 6) is 0. The van der Waals surface area contributed by atoms with E-state index in [0.29, 0.717) is 6.17 Å². The van der Waals surface area contributed by atoms with Crippen molar-refractivity contribution in [3.8, 4) is 0 Å². The standard InChI is InChI=1S/C17H18N2/c1-18-15-10-4-5-11-16(15)19-14-9-3-2-7-13(14)8-6-12-17(18)19/h2-5,7,9-11,17H,6,8,12H2,1H3. The summed E-state index contributed by atoms with van der Waals surface area (Å²) in [7, 11) is 2.22. The molecule has 2 heterocycles. The third-order valence-corrected chi connectivity index (χ3v) is 4.43. The largest absolute Gasteiger partial charge is 0.352 e. The molecular weight excluding hydrogens is 232 g/mol. The van der Waals surface area contributed by atoms with Crippen LogP contribution in [0.2, 0.25) is 0 Å². The molecule has 0 saturated heterocycles. The van der Waals surface area contributed by atoms with E-state index in [0.717, 1.165) is 0 Å². The molecule has 0 spiro atoms. The molecule has 96 valence electrons. The number of rotatable bonds is 0. The fourth-order valence-electron chi connectivity index (χ4n) is 3.51. The number of aryl methyl sites for hydroxylation is 1. The van der Waals surface area contributed by atoms with Crippen LogP contribution in [-0.4, -0.2) is 13.2 Å². The van der Waals surface area contributed by atoms with Crippen LogP contribution >= 0.6 is 0 Å². The molecule has 2 aliphatic rings. The Balaban J connectivity index is 1.94. The van der Waals surface area contributed by atoms with E-state index in [4.69, 9.17) is 0 Å². The van der Waals surface area contributed by atoms with Gasteiger partial charge in [0, 0.05) is 12.7 Å². The molecule has 1 atom stereocenters. The van der Waals surface area contributed by atoms with E-state index in [1.54, 1.807) is 0 Å². The first-order chi connectivity index (χ1) is 9.36. The number of benzene rings is 2. The molecule has 0 fully saturated rings. The highest BCUT2D eigenvalue weighted by molar-refractivity contribution is 5.84. The second-order valence-corrected chi connectivity index (χ2v) is 5.47. The Morgan fingerprint density at radius 3 is 2.42 bits per heavy atom. The third-order valence-electron chi connectivity index (χ3n) is 4.43. The molecule has 0 aromatic heterocycles. The van der Waals surface area contributed by atoms with Crippen LogP contribution in [0.5, 0.6) is 0 Å². The number of para-hydroxylation sites is 3. The molecule has 0 radical (unpaired) electrons. The monoisotopic (exact) mass is 250 g/mol. The van der Waals surface area contributed by atoms with Crippen molar-refractivity contribution in [2.75, 3.05) is 16.8 Å². The van der Waals surface area contributed by atoms with Crippen molar-refractivity contribution in [3.63, 3.8) is 0 Å². The van der Waals surface area contributed by atoms with Gasteiger partial charge in [0.05, 0.1) is 11.4 Å². The van der Waals surface area contributed by atoms with Gasteiger partial charge in [-0.1, -0.05) is 30.3 Å². The first-order valence-corrected chi connectivity index (χ1v) is 7.05. The Labute approximate surface area is 114 Å². The minimum Gasteiger partial charge on any atom is -0.352 e. The lowest BCUT2D eigenvalue weighted by Gasteiger charge is -2.30. The number of fused-ring (bicyclic) bond motifs is 5. The van der Waals surface area contributed by atoms with Crippen LogP contribution in [0.15, 0.2) is 48.5 Å². The SMILES string of the molecule is CN1c2ccccc2N2c3ccccc3CCCC12. The van der Waals surface area contributed by atoms with E-state index in [1.165, 1.54) is 41.9 Å². The zero-order valence-electron chi connectivity index (χ0n) is 11.2. The van der Waals surface area contributed by atoms with E-state index < -0.39 is 0 Å². The van der Waals surface area contributed by atoms with Gasteiger partial charge in [0.15, 0.2) is 0 Å². The zero-order valence-corrected chi connectivity index (χ0v) is 11.2. The van der Waals surface area contributed by atoms with Crippen molar-refractivity contribution in [2.45, 2.75) is 25.4 Å². The molecule has 0 amide bonds. The molecular formula is C17H18N2. The van der Waals surface area contributed by atoms with Gasteiger partial charge in [0.1, 0.15) is 6.17 Å². The number of anilines is 3. The maximum absolute atomic E-state index is 2.53. The number of hydrogen-bond acceptors (Lipinski definition) is 2. The van der Waals surface area contributed by atoms with Crippen LogP contribution in [0.25, 0.3) is 0 Å². The predicted molar refractivity (Wildman–Crippen MR) is 80.2 cm³/mol. The number of hydrogen-bond donors (Lipinski definition) is 0. The summed E-state index contributed by atoms with van der Waals surface area (Å²) in [6.45, 7) is 0. The second-order valence-electron chi connectivity index (χ2n) is 5.47. The van der Waals surface area contributed by atoms with Gasteiger partial charge in [-0.25, -0.2) is 0 Å². The van der Waals surface area contributed by atoms with Gasteiger partial charge in [-0.3, -0.25) is 0 Å². The quantitative estimate of drug-likeness (QED) is 0.699. The topological polar surface area (TPSA) is 6.48 Å². The van der Waals surface area contributed by atoms with Crippen LogP contribution in [0.4, 0.5) is 17.1 Å². The van der Waals surface area contributed by atoms with E-state index in [-0.39, 0.29) is 0 Å². The average molecular weight is 250 g/mol. The highest BCUT2D eigenvalue weighted by Crippen LogP contribution is 2.46. The fourth-order valence-corrected chi connectivity index (χ4v) is 3.51. The minimum atomic E-state index is 0.473. The van der Waals surface area contributed by atoms with Crippen LogP contribution in [0.3, 0.4) is 0 Å². The Kier molecular flexibility index (Phi) is 2.31. The summed E-state index contributed by atoms with van der Waals surface area (Å²) in [6, 6.07) is 17.6. The van der Waals surface area contributed by atoms with E-state index in [9.17, 15) is 0 Å². The Morgan fingerprint density at radius 1 is 0.895 bits per heavy atom. The minimum absolute atomic E-state index is 0.473. The van der Waals surface area contributed by atoms with Crippen molar-refractivity contribution in [3.05, 3.63) is 54.1 Å². The summed E-state index contributed by atoms with van der Waals surface area (Å²) < 4.78 is 0. The van der Waals surface area contributed by atoms with Crippen molar-refractivity contribution in [1.29, 1.82) is 0 Å². The summed E-state index contributed by atoms with van der Waals surface area (Å²) >= 11 is 0. The van der Waals surface area contributed by atoms with Gasteiger partial charge in [-0.05, 0) is 43.0 Å². The molecule has 0 aliphatic carbocycles. The molecule has 0 saturated carbocycles. The van der Waals surface area contributed by atoms with E-state index in [2.05, 4.69) is 65.4 Å². The molecule has 2 aliphatic heterocycles. The molecule has 0 N–H and O–H groups in total. The van der Waals surface area contributed by atoms with Crippen molar-refractivity contribution >= 4 is 17.1 Å². The van der Waals surface area contributed by atoms with Crippen molar-refractivity contribution < 1.29 is 0 Å². The molecule has 2 aromatic rings.